The molecule has 0 aliphatic heterocycles. The minimum Gasteiger partial charge on any atom is -0.508 e. The van der Waals surface area contributed by atoms with Gasteiger partial charge in [-0.15, -0.1) is 0 Å². The van der Waals surface area contributed by atoms with Gasteiger partial charge in [-0.3, -0.25) is 0 Å². The number of hydrogen-bond donors (Lipinski definition) is 1. The molecule has 0 bridgehead atoms. The van der Waals surface area contributed by atoms with Crippen LogP contribution in [0.25, 0.3) is 22.3 Å². The minimum atomic E-state index is -4.31. The number of rotatable bonds is 3. The van der Waals surface area contributed by atoms with Crippen molar-refractivity contribution in [2.75, 3.05) is 7.11 Å². The van der Waals surface area contributed by atoms with E-state index in [4.69, 9.17) is 9.84 Å². The Hall–Kier alpha value is -3.94. The lowest BCUT2D eigenvalue weighted by Gasteiger charge is -2.08. The smallest absolute Gasteiger partial charge is 0.416 e. The molecule has 0 amide bonds. The monoisotopic (exact) mass is 490 g/mol. The zero-order chi connectivity index (χ0) is 25.6. The highest BCUT2D eigenvalue weighted by molar-refractivity contribution is 5.65. The van der Waals surface area contributed by atoms with Crippen LogP contribution in [0.5, 0.6) is 11.5 Å². The van der Waals surface area contributed by atoms with Crippen LogP contribution in [-0.2, 0) is 12.4 Å². The van der Waals surface area contributed by atoms with Crippen LogP contribution < -0.4 is 4.74 Å². The maximum Gasteiger partial charge on any atom is 0.416 e. The van der Waals surface area contributed by atoms with Crippen LogP contribution in [0.3, 0.4) is 0 Å². The third kappa shape index (κ3) is 7.02. The Bertz CT molecular complexity index is 1210. The summed E-state index contributed by atoms with van der Waals surface area (Å²) in [7, 11) is 1.56. The van der Waals surface area contributed by atoms with Crippen LogP contribution >= 0.6 is 0 Å². The molecule has 2 nitrogen and oxygen atoms in total. The first-order valence-corrected chi connectivity index (χ1v) is 10.3. The van der Waals surface area contributed by atoms with E-state index in [1.54, 1.807) is 43.5 Å². The van der Waals surface area contributed by atoms with E-state index in [0.717, 1.165) is 41.0 Å². The van der Waals surface area contributed by atoms with Gasteiger partial charge in [-0.05, 0) is 70.8 Å². The van der Waals surface area contributed by atoms with Gasteiger partial charge in [0.25, 0.3) is 0 Å². The van der Waals surface area contributed by atoms with Crippen molar-refractivity contribution in [3.8, 4) is 33.8 Å². The summed E-state index contributed by atoms with van der Waals surface area (Å²) in [5.74, 6) is 0.839. The van der Waals surface area contributed by atoms with E-state index < -0.39 is 23.5 Å². The number of halogens is 6. The molecule has 8 heteroatoms. The lowest BCUT2D eigenvalue weighted by atomic mass is 10.0. The SMILES string of the molecule is COc1ccc(-c2ccc(C(F)(F)F)cc2)cc1.Oc1ccc(-c2ccc(C(F)(F)F)cc2)cc1. The fraction of sp³-hybridized carbons (Fsp3) is 0.111. The van der Waals surface area contributed by atoms with E-state index >= 15 is 0 Å². The van der Waals surface area contributed by atoms with Gasteiger partial charge in [-0.1, -0.05) is 48.5 Å². The van der Waals surface area contributed by atoms with Gasteiger partial charge in [-0.25, -0.2) is 0 Å². The summed E-state index contributed by atoms with van der Waals surface area (Å²) >= 11 is 0. The van der Waals surface area contributed by atoms with Gasteiger partial charge in [0, 0.05) is 0 Å². The van der Waals surface area contributed by atoms with E-state index in [9.17, 15) is 26.3 Å². The number of ether oxygens (including phenoxy) is 1. The number of aromatic hydroxyl groups is 1. The van der Waals surface area contributed by atoms with E-state index in [1.807, 2.05) is 0 Å². The van der Waals surface area contributed by atoms with Gasteiger partial charge in [-0.2, -0.15) is 26.3 Å². The molecule has 0 aliphatic rings. The normalized spacial score (nSPS) is 11.4. The summed E-state index contributed by atoms with van der Waals surface area (Å²) in [6.07, 6.45) is -8.61. The number of phenols is 1. The average Bonchev–Trinajstić information content (AvgIpc) is 2.84. The second-order valence-corrected chi connectivity index (χ2v) is 7.43. The maximum atomic E-state index is 12.4. The van der Waals surface area contributed by atoms with Gasteiger partial charge in [0.2, 0.25) is 0 Å². The molecule has 0 spiro atoms. The van der Waals surface area contributed by atoms with Crippen molar-refractivity contribution in [2.45, 2.75) is 12.4 Å². The first-order valence-electron chi connectivity index (χ1n) is 10.3. The second-order valence-electron chi connectivity index (χ2n) is 7.43. The first-order chi connectivity index (χ1) is 16.5. The van der Waals surface area contributed by atoms with Gasteiger partial charge >= 0.3 is 12.4 Å². The van der Waals surface area contributed by atoms with Gasteiger partial charge < -0.3 is 9.84 Å². The lowest BCUT2D eigenvalue weighted by Crippen LogP contribution is -2.03. The molecule has 4 aromatic rings. The summed E-state index contributed by atoms with van der Waals surface area (Å²) in [6, 6.07) is 23.4. The summed E-state index contributed by atoms with van der Waals surface area (Å²) in [5.41, 5.74) is 1.73. The van der Waals surface area contributed by atoms with Gasteiger partial charge in [0.1, 0.15) is 11.5 Å². The highest BCUT2D eigenvalue weighted by Crippen LogP contribution is 2.32. The second kappa shape index (κ2) is 10.5. The highest BCUT2D eigenvalue weighted by Gasteiger charge is 2.30. The minimum absolute atomic E-state index is 0.126. The fourth-order valence-electron chi connectivity index (χ4n) is 3.14. The molecule has 0 fully saturated rings. The molecule has 1 N–H and O–H groups in total. The van der Waals surface area contributed by atoms with Crippen molar-refractivity contribution in [3.63, 3.8) is 0 Å². The molecule has 0 radical (unpaired) electrons. The van der Waals surface area contributed by atoms with Crippen LogP contribution in [0.15, 0.2) is 97.1 Å². The molecule has 0 atom stereocenters. The molecule has 0 aliphatic carbocycles. The predicted octanol–water partition coefficient (Wildman–Crippen LogP) is 8.46. The molecular formula is C27H20F6O2. The summed E-state index contributed by atoms with van der Waals surface area (Å²) in [4.78, 5) is 0. The highest BCUT2D eigenvalue weighted by atomic mass is 19.4. The summed E-state index contributed by atoms with van der Waals surface area (Å²) < 4.78 is 79.3. The summed E-state index contributed by atoms with van der Waals surface area (Å²) in [6.45, 7) is 0. The lowest BCUT2D eigenvalue weighted by molar-refractivity contribution is -0.138. The van der Waals surface area contributed by atoms with Crippen LogP contribution in [0, 0.1) is 0 Å². The number of methoxy groups -OCH3 is 1. The van der Waals surface area contributed by atoms with Crippen molar-refractivity contribution in [2.24, 2.45) is 0 Å². The van der Waals surface area contributed by atoms with Crippen molar-refractivity contribution < 1.29 is 36.2 Å². The van der Waals surface area contributed by atoms with Gasteiger partial charge in [0.15, 0.2) is 0 Å². The summed E-state index contributed by atoms with van der Waals surface area (Å²) in [5, 5.41) is 9.11. The Morgan fingerprint density at radius 3 is 1.06 bits per heavy atom. The Kier molecular flexibility index (Phi) is 7.74. The van der Waals surface area contributed by atoms with E-state index in [-0.39, 0.29) is 5.75 Å². The van der Waals surface area contributed by atoms with E-state index in [0.29, 0.717) is 11.3 Å². The molecule has 0 saturated heterocycles. The molecule has 182 valence electrons. The van der Waals surface area contributed by atoms with Crippen molar-refractivity contribution in [3.05, 3.63) is 108 Å². The number of benzene rings is 4. The number of alkyl halides is 6. The van der Waals surface area contributed by atoms with Crippen molar-refractivity contribution in [1.82, 2.24) is 0 Å². The topological polar surface area (TPSA) is 29.5 Å². The molecular weight excluding hydrogens is 470 g/mol. The predicted molar refractivity (Wildman–Crippen MR) is 122 cm³/mol. The Labute approximate surface area is 198 Å². The largest absolute Gasteiger partial charge is 0.508 e. The van der Waals surface area contributed by atoms with Gasteiger partial charge in [0.05, 0.1) is 18.2 Å². The molecule has 0 heterocycles. The maximum absolute atomic E-state index is 12.4. The van der Waals surface area contributed by atoms with Crippen LogP contribution in [0.1, 0.15) is 11.1 Å². The number of hydrogen-bond acceptors (Lipinski definition) is 2. The van der Waals surface area contributed by atoms with Crippen LogP contribution in [0.4, 0.5) is 26.3 Å². The van der Waals surface area contributed by atoms with E-state index in [1.165, 1.54) is 36.4 Å². The third-order valence-electron chi connectivity index (χ3n) is 5.05. The molecule has 0 aromatic heterocycles. The number of phenolic OH excluding ortho intramolecular Hbond substituents is 1. The molecule has 35 heavy (non-hydrogen) atoms. The Morgan fingerprint density at radius 2 is 0.771 bits per heavy atom. The fourth-order valence-corrected chi connectivity index (χ4v) is 3.14. The van der Waals surface area contributed by atoms with Crippen LogP contribution in [0.2, 0.25) is 0 Å². The molecule has 4 rings (SSSR count). The van der Waals surface area contributed by atoms with Crippen molar-refractivity contribution in [1.29, 1.82) is 0 Å². The zero-order valence-electron chi connectivity index (χ0n) is 18.4. The Balaban J connectivity index is 0.000000196. The first kappa shape index (κ1) is 25.7. The van der Waals surface area contributed by atoms with Crippen molar-refractivity contribution >= 4 is 0 Å². The van der Waals surface area contributed by atoms with Crippen LogP contribution in [-0.4, -0.2) is 12.2 Å². The third-order valence-corrected chi connectivity index (χ3v) is 5.05. The average molecular weight is 490 g/mol. The Morgan fingerprint density at radius 1 is 0.486 bits per heavy atom. The quantitative estimate of drug-likeness (QED) is 0.292. The standard InChI is InChI=1S/C14H11F3O.C13H9F3O/c1-18-13-8-4-11(5-9-13)10-2-6-12(7-3-10)14(15,16)17;14-13(15,16)11-5-1-9(2-6-11)10-3-7-12(17)8-4-10/h2-9H,1H3;1-8,17H. The molecule has 0 saturated carbocycles. The van der Waals surface area contributed by atoms with E-state index in [2.05, 4.69) is 0 Å². The molecule has 0 unspecified atom stereocenters. The molecule has 4 aromatic carbocycles. The zero-order valence-corrected chi connectivity index (χ0v) is 18.4.